The minimum atomic E-state index is -0.837. The molecule has 0 radical (unpaired) electrons. The highest BCUT2D eigenvalue weighted by Crippen LogP contribution is 2.22. The molecule has 0 aliphatic carbocycles. The Labute approximate surface area is 111 Å². The maximum atomic E-state index is 13.6. The number of aliphatic hydroxyl groups is 1. The molecule has 0 aromatic heterocycles. The van der Waals surface area contributed by atoms with E-state index in [-0.39, 0.29) is 6.54 Å². The number of halogens is 2. The quantitative estimate of drug-likeness (QED) is 0.908. The molecule has 0 unspecified atom stereocenters. The highest BCUT2D eigenvalue weighted by Gasteiger charge is 2.31. The molecule has 19 heavy (non-hydrogen) atoms. The van der Waals surface area contributed by atoms with Crippen LogP contribution in [0.3, 0.4) is 0 Å². The van der Waals surface area contributed by atoms with Crippen molar-refractivity contribution in [3.8, 4) is 0 Å². The van der Waals surface area contributed by atoms with Gasteiger partial charge in [-0.2, -0.15) is 0 Å². The second-order valence-electron chi connectivity index (χ2n) is 5.22. The molecule has 5 heteroatoms. The molecule has 1 aliphatic rings. The molecule has 1 aromatic carbocycles. The SMILES string of the molecule is CN(Cc1cccc(F)c1F)CC1(O)CCOCC1. The molecule has 1 aliphatic heterocycles. The van der Waals surface area contributed by atoms with E-state index in [4.69, 9.17) is 4.74 Å². The zero-order valence-corrected chi connectivity index (χ0v) is 11.0. The van der Waals surface area contributed by atoms with Crippen molar-refractivity contribution in [2.24, 2.45) is 0 Å². The van der Waals surface area contributed by atoms with Crippen LogP contribution in [-0.4, -0.2) is 42.4 Å². The lowest BCUT2D eigenvalue weighted by molar-refractivity contribution is -0.0778. The Kier molecular flexibility index (Phi) is 4.50. The predicted octanol–water partition coefficient (Wildman–Crippen LogP) is 1.94. The summed E-state index contributed by atoms with van der Waals surface area (Å²) >= 11 is 0. The van der Waals surface area contributed by atoms with Crippen molar-refractivity contribution in [3.63, 3.8) is 0 Å². The fourth-order valence-electron chi connectivity index (χ4n) is 2.43. The van der Waals surface area contributed by atoms with E-state index in [2.05, 4.69) is 0 Å². The van der Waals surface area contributed by atoms with Gasteiger partial charge < -0.3 is 9.84 Å². The average Bonchev–Trinajstić information content (AvgIpc) is 2.35. The van der Waals surface area contributed by atoms with Crippen molar-refractivity contribution < 1.29 is 18.6 Å². The summed E-state index contributed by atoms with van der Waals surface area (Å²) in [5, 5.41) is 10.4. The van der Waals surface area contributed by atoms with Gasteiger partial charge >= 0.3 is 0 Å². The molecular formula is C14H19F2NO2. The summed E-state index contributed by atoms with van der Waals surface area (Å²) in [5.41, 5.74) is -0.491. The van der Waals surface area contributed by atoms with Gasteiger partial charge in [0.1, 0.15) is 0 Å². The number of benzene rings is 1. The maximum Gasteiger partial charge on any atom is 0.163 e. The lowest BCUT2D eigenvalue weighted by atomic mass is 9.94. The van der Waals surface area contributed by atoms with Crippen molar-refractivity contribution in [3.05, 3.63) is 35.4 Å². The normalized spacial score (nSPS) is 18.8. The van der Waals surface area contributed by atoms with Crippen molar-refractivity contribution in [1.29, 1.82) is 0 Å². The Hall–Kier alpha value is -1.04. The summed E-state index contributed by atoms with van der Waals surface area (Å²) in [6, 6.07) is 4.15. The van der Waals surface area contributed by atoms with Crippen molar-refractivity contribution in [1.82, 2.24) is 4.90 Å². The molecule has 0 bridgehead atoms. The van der Waals surface area contributed by atoms with Crippen LogP contribution in [0.4, 0.5) is 8.78 Å². The van der Waals surface area contributed by atoms with E-state index in [0.29, 0.717) is 38.2 Å². The van der Waals surface area contributed by atoms with Crippen LogP contribution in [-0.2, 0) is 11.3 Å². The highest BCUT2D eigenvalue weighted by atomic mass is 19.2. The van der Waals surface area contributed by atoms with Crippen LogP contribution in [0.1, 0.15) is 18.4 Å². The molecule has 1 N–H and O–H groups in total. The third kappa shape index (κ3) is 3.72. The first-order valence-corrected chi connectivity index (χ1v) is 6.42. The van der Waals surface area contributed by atoms with Crippen LogP contribution in [0.25, 0.3) is 0 Å². The van der Waals surface area contributed by atoms with Gasteiger partial charge in [0.15, 0.2) is 11.6 Å². The fraction of sp³-hybridized carbons (Fsp3) is 0.571. The van der Waals surface area contributed by atoms with Crippen LogP contribution >= 0.6 is 0 Å². The summed E-state index contributed by atoms with van der Waals surface area (Å²) in [7, 11) is 1.79. The van der Waals surface area contributed by atoms with Crippen LogP contribution in [0, 0.1) is 11.6 Å². The van der Waals surface area contributed by atoms with E-state index in [9.17, 15) is 13.9 Å². The maximum absolute atomic E-state index is 13.6. The molecular weight excluding hydrogens is 252 g/mol. The lowest BCUT2D eigenvalue weighted by Crippen LogP contribution is -2.45. The second-order valence-corrected chi connectivity index (χ2v) is 5.22. The van der Waals surface area contributed by atoms with E-state index in [0.717, 1.165) is 6.07 Å². The molecule has 0 atom stereocenters. The molecule has 106 valence electrons. The number of hydrogen-bond acceptors (Lipinski definition) is 3. The molecule has 2 rings (SSSR count). The Morgan fingerprint density at radius 2 is 2.00 bits per heavy atom. The van der Waals surface area contributed by atoms with Gasteiger partial charge in [0.05, 0.1) is 5.60 Å². The second kappa shape index (κ2) is 5.94. The van der Waals surface area contributed by atoms with Gasteiger partial charge in [-0.1, -0.05) is 12.1 Å². The van der Waals surface area contributed by atoms with Crippen LogP contribution < -0.4 is 0 Å². The standard InChI is InChI=1S/C14H19F2NO2/c1-17(10-14(18)5-7-19-8-6-14)9-11-3-2-4-12(15)13(11)16/h2-4,18H,5-10H2,1H3. The number of hydrogen-bond donors (Lipinski definition) is 1. The van der Waals surface area contributed by atoms with Gasteiger partial charge in [0.25, 0.3) is 0 Å². The zero-order chi connectivity index (χ0) is 13.9. The van der Waals surface area contributed by atoms with Gasteiger partial charge in [-0.25, -0.2) is 8.78 Å². The van der Waals surface area contributed by atoms with Crippen LogP contribution in [0.2, 0.25) is 0 Å². The summed E-state index contributed by atoms with van der Waals surface area (Å²) in [6.07, 6.45) is 1.14. The first-order chi connectivity index (χ1) is 9.00. The Balaban J connectivity index is 1.97. The number of ether oxygens (including phenoxy) is 1. The van der Waals surface area contributed by atoms with Gasteiger partial charge in [0, 0.05) is 44.7 Å². The number of rotatable bonds is 4. The fourth-order valence-corrected chi connectivity index (χ4v) is 2.43. The summed E-state index contributed by atoms with van der Waals surface area (Å²) in [4.78, 5) is 1.81. The van der Waals surface area contributed by atoms with Gasteiger partial charge in [-0.3, -0.25) is 4.90 Å². The molecule has 0 saturated carbocycles. The first-order valence-electron chi connectivity index (χ1n) is 6.42. The van der Waals surface area contributed by atoms with E-state index in [1.165, 1.54) is 6.07 Å². The topological polar surface area (TPSA) is 32.7 Å². The molecule has 1 heterocycles. The van der Waals surface area contributed by atoms with Crippen LogP contribution in [0.5, 0.6) is 0 Å². The predicted molar refractivity (Wildman–Crippen MR) is 67.7 cm³/mol. The van der Waals surface area contributed by atoms with Gasteiger partial charge in [-0.05, 0) is 13.1 Å². The van der Waals surface area contributed by atoms with E-state index >= 15 is 0 Å². The molecule has 3 nitrogen and oxygen atoms in total. The van der Waals surface area contributed by atoms with Gasteiger partial charge in [-0.15, -0.1) is 0 Å². The largest absolute Gasteiger partial charge is 0.388 e. The lowest BCUT2D eigenvalue weighted by Gasteiger charge is -2.35. The molecule has 0 spiro atoms. The average molecular weight is 271 g/mol. The summed E-state index contributed by atoms with van der Waals surface area (Å²) in [6.45, 7) is 1.77. The molecule has 1 saturated heterocycles. The third-order valence-electron chi connectivity index (χ3n) is 3.46. The highest BCUT2D eigenvalue weighted by molar-refractivity contribution is 5.18. The van der Waals surface area contributed by atoms with Crippen LogP contribution in [0.15, 0.2) is 18.2 Å². The molecule has 0 amide bonds. The minimum Gasteiger partial charge on any atom is -0.388 e. The smallest absolute Gasteiger partial charge is 0.163 e. The van der Waals surface area contributed by atoms with E-state index < -0.39 is 17.2 Å². The number of nitrogens with zero attached hydrogens (tertiary/aromatic N) is 1. The Bertz CT molecular complexity index is 433. The third-order valence-corrected chi connectivity index (χ3v) is 3.46. The van der Waals surface area contributed by atoms with E-state index in [1.54, 1.807) is 13.1 Å². The van der Waals surface area contributed by atoms with E-state index in [1.807, 2.05) is 4.90 Å². The Morgan fingerprint density at radius 1 is 1.32 bits per heavy atom. The minimum absolute atomic E-state index is 0.271. The monoisotopic (exact) mass is 271 g/mol. The summed E-state index contributed by atoms with van der Waals surface area (Å²) < 4.78 is 31.9. The van der Waals surface area contributed by atoms with Gasteiger partial charge in [0.2, 0.25) is 0 Å². The van der Waals surface area contributed by atoms with Crippen molar-refractivity contribution in [2.75, 3.05) is 26.8 Å². The molecule has 1 aromatic rings. The zero-order valence-electron chi connectivity index (χ0n) is 11.0. The summed E-state index contributed by atoms with van der Waals surface area (Å²) in [5.74, 6) is -1.65. The van der Waals surface area contributed by atoms with Crippen molar-refractivity contribution >= 4 is 0 Å². The van der Waals surface area contributed by atoms with Crippen molar-refractivity contribution in [2.45, 2.75) is 25.0 Å². The first kappa shape index (κ1) is 14.4. The number of likely N-dealkylation sites (N-methyl/N-ethyl adjacent to an activating group) is 1. The molecule has 1 fully saturated rings. The Morgan fingerprint density at radius 3 is 2.68 bits per heavy atom.